The highest BCUT2D eigenvalue weighted by Gasteiger charge is 2.25. The molecule has 0 atom stereocenters. The van der Waals surface area contributed by atoms with Gasteiger partial charge in [-0.05, 0) is 43.7 Å². The molecule has 0 saturated heterocycles. The van der Waals surface area contributed by atoms with Crippen molar-refractivity contribution in [2.75, 3.05) is 11.9 Å². The van der Waals surface area contributed by atoms with Crippen molar-refractivity contribution in [2.45, 2.75) is 39.4 Å². The lowest BCUT2D eigenvalue weighted by Gasteiger charge is -2.29. The van der Waals surface area contributed by atoms with Gasteiger partial charge in [0.05, 0.1) is 20.5 Å². The van der Waals surface area contributed by atoms with Gasteiger partial charge in [-0.25, -0.2) is 14.2 Å². The van der Waals surface area contributed by atoms with Gasteiger partial charge in [0.2, 0.25) is 0 Å². The SMILES string of the molecule is CC(C)N1CCc2nc(C(=O)Nc3cc(C(=O)O)c(F)cc3CNC(=O)c3ccc(Cl)s3)sc2C1. The van der Waals surface area contributed by atoms with Crippen molar-refractivity contribution in [3.63, 3.8) is 0 Å². The molecule has 0 bridgehead atoms. The number of nitrogens with zero attached hydrogens (tertiary/aromatic N) is 2. The molecule has 1 aromatic carbocycles. The second-order valence-electron chi connectivity index (χ2n) is 8.24. The third kappa shape index (κ3) is 5.69. The summed E-state index contributed by atoms with van der Waals surface area (Å²) in [6.07, 6.45) is 0.737. The molecule has 3 aromatic rings. The van der Waals surface area contributed by atoms with E-state index in [0.717, 1.165) is 47.0 Å². The maximum Gasteiger partial charge on any atom is 0.338 e. The Morgan fingerprint density at radius 3 is 2.66 bits per heavy atom. The molecule has 8 nitrogen and oxygen atoms in total. The number of carboxylic acid groups (broad SMARTS) is 1. The molecule has 1 aliphatic rings. The van der Waals surface area contributed by atoms with Crippen LogP contribution in [-0.2, 0) is 19.5 Å². The van der Waals surface area contributed by atoms with Crippen molar-refractivity contribution in [1.82, 2.24) is 15.2 Å². The quantitative estimate of drug-likeness (QED) is 0.405. The van der Waals surface area contributed by atoms with Gasteiger partial charge in [0.25, 0.3) is 11.8 Å². The van der Waals surface area contributed by atoms with Gasteiger partial charge in [-0.2, -0.15) is 0 Å². The Bertz CT molecular complexity index is 1310. The van der Waals surface area contributed by atoms with Crippen LogP contribution < -0.4 is 10.6 Å². The van der Waals surface area contributed by atoms with E-state index in [1.54, 1.807) is 12.1 Å². The molecule has 1 aliphatic heterocycles. The van der Waals surface area contributed by atoms with Gasteiger partial charge in [0.15, 0.2) is 5.01 Å². The normalized spacial score (nSPS) is 13.5. The molecule has 2 aromatic heterocycles. The number of nitrogens with one attached hydrogen (secondary N) is 2. The maximum atomic E-state index is 14.4. The standard InChI is InChI=1S/C23H22ClFN4O4S2/c1-11(2)29-6-5-15-18(10-29)35-22(28-15)21(31)27-16-8-13(23(32)33)14(25)7-12(16)9-26-20(30)17-3-4-19(24)34-17/h3-4,7-8,11H,5-6,9-10H2,1-2H3,(H,26,30)(H,27,31)(H,32,33). The van der Waals surface area contributed by atoms with Gasteiger partial charge >= 0.3 is 5.97 Å². The number of carbonyl (C=O) groups is 3. The predicted octanol–water partition coefficient (Wildman–Crippen LogP) is 4.64. The number of hydrogen-bond acceptors (Lipinski definition) is 7. The number of amides is 2. The van der Waals surface area contributed by atoms with Crippen LogP contribution in [0.15, 0.2) is 24.3 Å². The Balaban J connectivity index is 1.56. The first-order chi connectivity index (χ1) is 16.6. The lowest BCUT2D eigenvalue weighted by atomic mass is 10.1. The molecule has 184 valence electrons. The molecule has 2 amide bonds. The van der Waals surface area contributed by atoms with Gasteiger partial charge in [0.1, 0.15) is 5.82 Å². The second kappa shape index (κ2) is 10.4. The molecule has 3 N–H and O–H groups in total. The second-order valence-corrected chi connectivity index (χ2v) is 11.0. The Morgan fingerprint density at radius 1 is 1.23 bits per heavy atom. The molecular weight excluding hydrogens is 515 g/mol. The smallest absolute Gasteiger partial charge is 0.338 e. The summed E-state index contributed by atoms with van der Waals surface area (Å²) >= 11 is 8.24. The zero-order valence-corrected chi connectivity index (χ0v) is 21.2. The average molecular weight is 537 g/mol. The van der Waals surface area contributed by atoms with Crippen molar-refractivity contribution in [1.29, 1.82) is 0 Å². The minimum absolute atomic E-state index is 0.0790. The first kappa shape index (κ1) is 25.2. The Labute approximate surface area is 213 Å². The van der Waals surface area contributed by atoms with E-state index >= 15 is 0 Å². The Morgan fingerprint density at radius 2 is 2.00 bits per heavy atom. The number of carboxylic acids is 1. The number of thiophene rings is 1. The maximum absolute atomic E-state index is 14.4. The molecule has 0 fully saturated rings. The minimum atomic E-state index is -1.47. The van der Waals surface area contributed by atoms with Crippen LogP contribution in [0.4, 0.5) is 10.1 Å². The van der Waals surface area contributed by atoms with Crippen LogP contribution in [0.5, 0.6) is 0 Å². The highest BCUT2D eigenvalue weighted by atomic mass is 35.5. The van der Waals surface area contributed by atoms with Crippen molar-refractivity contribution in [3.05, 3.63) is 66.0 Å². The van der Waals surface area contributed by atoms with Crippen LogP contribution in [0.3, 0.4) is 0 Å². The third-order valence-corrected chi connectivity index (χ3v) is 7.90. The number of halogens is 2. The van der Waals surface area contributed by atoms with Crippen molar-refractivity contribution in [2.24, 2.45) is 0 Å². The largest absolute Gasteiger partial charge is 0.478 e. The number of anilines is 1. The molecule has 3 heterocycles. The van der Waals surface area contributed by atoms with E-state index in [9.17, 15) is 23.9 Å². The van der Waals surface area contributed by atoms with E-state index in [1.807, 2.05) is 0 Å². The topological polar surface area (TPSA) is 112 Å². The molecule has 0 unspecified atom stereocenters. The third-order valence-electron chi connectivity index (χ3n) is 5.59. The molecule has 12 heteroatoms. The van der Waals surface area contributed by atoms with E-state index < -0.39 is 29.2 Å². The molecule has 0 spiro atoms. The van der Waals surface area contributed by atoms with Crippen LogP contribution in [0, 0.1) is 5.82 Å². The first-order valence-corrected chi connectivity index (χ1v) is 12.8. The fourth-order valence-corrected chi connectivity index (χ4v) is 5.66. The minimum Gasteiger partial charge on any atom is -0.478 e. The summed E-state index contributed by atoms with van der Waals surface area (Å²) in [4.78, 5) is 45.0. The summed E-state index contributed by atoms with van der Waals surface area (Å²) in [6.45, 7) is 5.65. The molecule has 35 heavy (non-hydrogen) atoms. The van der Waals surface area contributed by atoms with Crippen molar-refractivity contribution in [3.8, 4) is 0 Å². The zero-order valence-electron chi connectivity index (χ0n) is 18.9. The number of fused-ring (bicyclic) bond motifs is 1. The van der Waals surface area contributed by atoms with E-state index in [4.69, 9.17) is 11.6 Å². The monoisotopic (exact) mass is 536 g/mol. The van der Waals surface area contributed by atoms with E-state index in [-0.39, 0.29) is 22.8 Å². The van der Waals surface area contributed by atoms with Crippen LogP contribution in [0.1, 0.15) is 59.8 Å². The lowest BCUT2D eigenvalue weighted by Crippen LogP contribution is -2.35. The fourth-order valence-electron chi connectivity index (χ4n) is 3.67. The predicted molar refractivity (Wildman–Crippen MR) is 133 cm³/mol. The number of thiazole rings is 1. The lowest BCUT2D eigenvalue weighted by molar-refractivity contribution is 0.0691. The number of aromatic nitrogens is 1. The van der Waals surface area contributed by atoms with Crippen LogP contribution in [0.25, 0.3) is 0 Å². The number of aromatic carboxylic acids is 1. The summed E-state index contributed by atoms with van der Waals surface area (Å²) in [7, 11) is 0. The van der Waals surface area contributed by atoms with Crippen LogP contribution >= 0.6 is 34.3 Å². The van der Waals surface area contributed by atoms with E-state index in [2.05, 4.69) is 34.4 Å². The van der Waals surface area contributed by atoms with Gasteiger partial charge in [-0.3, -0.25) is 14.5 Å². The summed E-state index contributed by atoms with van der Waals surface area (Å²) in [5, 5.41) is 14.9. The Kier molecular flexibility index (Phi) is 7.50. The molecular formula is C23H22ClFN4O4S2. The molecule has 4 rings (SSSR count). The Hall–Kier alpha value is -2.86. The van der Waals surface area contributed by atoms with Gasteiger partial charge < -0.3 is 15.7 Å². The van der Waals surface area contributed by atoms with E-state index in [0.29, 0.717) is 21.8 Å². The molecule has 0 saturated carbocycles. The summed E-state index contributed by atoms with van der Waals surface area (Å²) < 4.78 is 14.9. The zero-order chi connectivity index (χ0) is 25.3. The van der Waals surface area contributed by atoms with Gasteiger partial charge in [-0.1, -0.05) is 11.6 Å². The number of hydrogen-bond donors (Lipinski definition) is 3. The van der Waals surface area contributed by atoms with Crippen molar-refractivity contribution < 1.29 is 23.9 Å². The highest BCUT2D eigenvalue weighted by molar-refractivity contribution is 7.18. The summed E-state index contributed by atoms with van der Waals surface area (Å²) in [5.74, 6) is -3.40. The fraction of sp³-hybridized carbons (Fsp3) is 0.304. The van der Waals surface area contributed by atoms with Crippen LogP contribution in [0.2, 0.25) is 4.34 Å². The average Bonchev–Trinajstić information content (AvgIpc) is 3.44. The highest BCUT2D eigenvalue weighted by Crippen LogP contribution is 2.28. The summed E-state index contributed by atoms with van der Waals surface area (Å²) in [5.41, 5.74) is 0.579. The van der Waals surface area contributed by atoms with Crippen LogP contribution in [-0.4, -0.2) is 45.4 Å². The molecule has 0 radical (unpaired) electrons. The van der Waals surface area contributed by atoms with Gasteiger partial charge in [-0.15, -0.1) is 22.7 Å². The van der Waals surface area contributed by atoms with E-state index in [1.165, 1.54) is 11.3 Å². The number of carbonyl (C=O) groups excluding carboxylic acids is 2. The number of rotatable bonds is 7. The van der Waals surface area contributed by atoms with Gasteiger partial charge in [0, 0.05) is 42.7 Å². The van der Waals surface area contributed by atoms with Crippen molar-refractivity contribution >= 4 is 57.7 Å². The number of benzene rings is 1. The summed E-state index contributed by atoms with van der Waals surface area (Å²) in [6, 6.07) is 5.56. The molecule has 0 aliphatic carbocycles. The first-order valence-electron chi connectivity index (χ1n) is 10.8.